The molecule has 0 aliphatic rings. The first-order valence-electron chi connectivity index (χ1n) is 14.1. The monoisotopic (exact) mass is 577 g/mol. The molecule has 4 aromatic rings. The molecule has 8 nitrogen and oxygen atoms in total. The van der Waals surface area contributed by atoms with Crippen molar-refractivity contribution in [3.8, 4) is 11.6 Å². The van der Waals surface area contributed by atoms with E-state index in [2.05, 4.69) is 39.7 Å². The first-order valence-corrected chi connectivity index (χ1v) is 14.1. The van der Waals surface area contributed by atoms with Crippen LogP contribution in [0.3, 0.4) is 0 Å². The fourth-order valence-electron chi connectivity index (χ4n) is 4.74. The van der Waals surface area contributed by atoms with Gasteiger partial charge in [-0.15, -0.1) is 0 Å². The summed E-state index contributed by atoms with van der Waals surface area (Å²) in [4.78, 5) is 24.3. The van der Waals surface area contributed by atoms with Gasteiger partial charge in [0.05, 0.1) is 18.3 Å². The summed E-state index contributed by atoms with van der Waals surface area (Å²) in [6.07, 6.45) is 3.65. The molecule has 2 heterocycles. The highest BCUT2D eigenvalue weighted by Gasteiger charge is 2.24. The van der Waals surface area contributed by atoms with Gasteiger partial charge in [-0.2, -0.15) is 0 Å². The van der Waals surface area contributed by atoms with Crippen LogP contribution >= 0.6 is 0 Å². The van der Waals surface area contributed by atoms with Gasteiger partial charge in [0, 0.05) is 38.3 Å². The third-order valence-electron chi connectivity index (χ3n) is 6.92. The number of aliphatic hydroxyl groups is 1. The minimum absolute atomic E-state index is 0.00879. The van der Waals surface area contributed by atoms with Crippen LogP contribution in [-0.4, -0.2) is 53.3 Å². The Kier molecular flexibility index (Phi) is 10.7. The smallest absolute Gasteiger partial charge is 0.251 e. The van der Waals surface area contributed by atoms with E-state index in [1.54, 1.807) is 12.1 Å². The number of aromatic nitrogens is 2. The van der Waals surface area contributed by atoms with Crippen molar-refractivity contribution in [1.29, 1.82) is 0 Å². The molecular formula is C32H37F2N5O3. The van der Waals surface area contributed by atoms with E-state index in [4.69, 9.17) is 4.42 Å². The van der Waals surface area contributed by atoms with Gasteiger partial charge in [0.1, 0.15) is 29.4 Å². The number of benzene rings is 2. The van der Waals surface area contributed by atoms with E-state index in [1.807, 2.05) is 31.0 Å². The van der Waals surface area contributed by atoms with Crippen molar-refractivity contribution in [2.45, 2.75) is 51.8 Å². The number of oxazole rings is 1. The average Bonchev–Trinajstić information content (AvgIpc) is 3.51. The van der Waals surface area contributed by atoms with Crippen LogP contribution < -0.4 is 15.5 Å². The number of rotatable bonds is 14. The molecule has 222 valence electrons. The largest absolute Gasteiger partial charge is 0.443 e. The van der Waals surface area contributed by atoms with Crippen molar-refractivity contribution in [3.63, 3.8) is 0 Å². The van der Waals surface area contributed by atoms with E-state index < -0.39 is 29.7 Å². The van der Waals surface area contributed by atoms with Crippen LogP contribution in [-0.2, 0) is 19.4 Å². The van der Waals surface area contributed by atoms with Crippen LogP contribution in [0.25, 0.3) is 11.6 Å². The Morgan fingerprint density at radius 3 is 2.50 bits per heavy atom. The van der Waals surface area contributed by atoms with Crippen LogP contribution in [0.5, 0.6) is 0 Å². The molecule has 42 heavy (non-hydrogen) atoms. The molecule has 0 aliphatic carbocycles. The topological polar surface area (TPSA) is 104 Å². The lowest BCUT2D eigenvalue weighted by Crippen LogP contribution is -2.48. The van der Waals surface area contributed by atoms with Crippen molar-refractivity contribution < 1.29 is 23.1 Å². The van der Waals surface area contributed by atoms with Crippen LogP contribution in [0.1, 0.15) is 47.3 Å². The summed E-state index contributed by atoms with van der Waals surface area (Å²) in [7, 11) is 1.87. The summed E-state index contributed by atoms with van der Waals surface area (Å²) in [5.74, 6) is -1.12. The molecule has 2 atom stereocenters. The van der Waals surface area contributed by atoms with Gasteiger partial charge in [0.15, 0.2) is 0 Å². The van der Waals surface area contributed by atoms with E-state index in [-0.39, 0.29) is 24.4 Å². The molecule has 0 radical (unpaired) electrons. The molecule has 3 N–H and O–H groups in total. The third kappa shape index (κ3) is 8.43. The lowest BCUT2D eigenvalue weighted by atomic mass is 10.00. The summed E-state index contributed by atoms with van der Waals surface area (Å²) >= 11 is 0. The Labute approximate surface area is 244 Å². The van der Waals surface area contributed by atoms with Gasteiger partial charge in [-0.1, -0.05) is 38.1 Å². The Morgan fingerprint density at radius 2 is 1.81 bits per heavy atom. The Hall–Kier alpha value is -4.15. The van der Waals surface area contributed by atoms with Crippen molar-refractivity contribution in [3.05, 3.63) is 101 Å². The minimum atomic E-state index is -1.06. The fraction of sp³-hybridized carbons (Fsp3) is 0.344. The normalized spacial score (nSPS) is 12.6. The molecule has 0 unspecified atom stereocenters. The quantitative estimate of drug-likeness (QED) is 0.196. The summed E-state index contributed by atoms with van der Waals surface area (Å²) < 4.78 is 33.4. The molecule has 0 saturated carbocycles. The van der Waals surface area contributed by atoms with Gasteiger partial charge >= 0.3 is 0 Å². The van der Waals surface area contributed by atoms with E-state index in [9.17, 15) is 18.7 Å². The lowest BCUT2D eigenvalue weighted by Gasteiger charge is -2.25. The number of aryl methyl sites for hydroxylation is 1. The second kappa shape index (κ2) is 14.7. The Balaban J connectivity index is 1.56. The standard InChI is InChI=1S/C32H37F2N5O3/c1-4-10-39(3)30-17-24(16-28(37-30)32-36-9-11-42-32)31(41)38-27(15-23-13-25(33)18-26(34)14-23)29(40)20-35-19-22-8-6-7-21(5-2)12-22/h6-9,11-14,16-18,27,29,35,40H,4-5,10,15,19-20H2,1-3H3,(H,38,41)/t27-,29-/m0/s1. The van der Waals surface area contributed by atoms with E-state index in [0.717, 1.165) is 24.5 Å². The number of anilines is 1. The second-order valence-electron chi connectivity index (χ2n) is 10.3. The van der Waals surface area contributed by atoms with Gasteiger partial charge in [-0.05, 0) is 60.2 Å². The molecule has 0 spiro atoms. The maximum Gasteiger partial charge on any atom is 0.251 e. The molecule has 2 aromatic heterocycles. The number of hydrogen-bond acceptors (Lipinski definition) is 7. The summed E-state index contributed by atoms with van der Waals surface area (Å²) in [5.41, 5.74) is 3.24. The molecule has 0 bridgehead atoms. The number of hydrogen-bond donors (Lipinski definition) is 3. The van der Waals surface area contributed by atoms with Crippen LogP contribution in [0.15, 0.2) is 71.5 Å². The van der Waals surface area contributed by atoms with E-state index in [1.165, 1.54) is 30.2 Å². The number of halogens is 2. The molecule has 0 saturated heterocycles. The summed E-state index contributed by atoms with van der Waals surface area (Å²) in [5, 5.41) is 17.3. The number of carbonyl (C=O) groups is 1. The number of nitrogens with zero attached hydrogens (tertiary/aromatic N) is 3. The Bertz CT molecular complexity index is 1440. The highest BCUT2D eigenvalue weighted by Crippen LogP contribution is 2.22. The van der Waals surface area contributed by atoms with Crippen molar-refractivity contribution in [1.82, 2.24) is 20.6 Å². The highest BCUT2D eigenvalue weighted by molar-refractivity contribution is 5.96. The predicted octanol–water partition coefficient (Wildman–Crippen LogP) is 4.92. The van der Waals surface area contributed by atoms with Gasteiger partial charge < -0.3 is 25.1 Å². The number of nitrogens with one attached hydrogen (secondary N) is 2. The van der Waals surface area contributed by atoms with Crippen LogP contribution in [0.2, 0.25) is 0 Å². The first-order chi connectivity index (χ1) is 20.2. The molecule has 10 heteroatoms. The zero-order valence-corrected chi connectivity index (χ0v) is 24.1. The maximum atomic E-state index is 14.0. The third-order valence-corrected chi connectivity index (χ3v) is 6.92. The molecule has 0 aliphatic heterocycles. The van der Waals surface area contributed by atoms with Gasteiger partial charge in [0.25, 0.3) is 5.91 Å². The van der Waals surface area contributed by atoms with Crippen LogP contribution in [0, 0.1) is 11.6 Å². The van der Waals surface area contributed by atoms with Crippen LogP contribution in [0.4, 0.5) is 14.6 Å². The second-order valence-corrected chi connectivity index (χ2v) is 10.3. The minimum Gasteiger partial charge on any atom is -0.443 e. The number of aliphatic hydroxyl groups excluding tert-OH is 1. The number of amides is 1. The summed E-state index contributed by atoms with van der Waals surface area (Å²) in [6.45, 7) is 5.49. The van der Waals surface area contributed by atoms with Crippen molar-refractivity contribution >= 4 is 11.7 Å². The molecule has 1 amide bonds. The zero-order valence-electron chi connectivity index (χ0n) is 24.1. The molecular weight excluding hydrogens is 540 g/mol. The van der Waals surface area contributed by atoms with Gasteiger partial charge in [-0.25, -0.2) is 18.7 Å². The lowest BCUT2D eigenvalue weighted by molar-refractivity contribution is 0.0830. The van der Waals surface area contributed by atoms with E-state index in [0.29, 0.717) is 30.2 Å². The van der Waals surface area contributed by atoms with Gasteiger partial charge in [0.2, 0.25) is 5.89 Å². The SMILES string of the molecule is CCCN(C)c1cc(C(=O)N[C@@H](Cc2cc(F)cc(F)c2)[C@@H](O)CNCc2cccc(CC)c2)cc(-c2ncco2)n1. The average molecular weight is 578 g/mol. The fourth-order valence-corrected chi connectivity index (χ4v) is 4.74. The van der Waals surface area contributed by atoms with E-state index >= 15 is 0 Å². The molecule has 4 rings (SSSR count). The Morgan fingerprint density at radius 1 is 1.05 bits per heavy atom. The number of carbonyl (C=O) groups excluding carboxylic acids is 1. The molecule has 2 aromatic carbocycles. The number of pyridine rings is 1. The molecule has 0 fully saturated rings. The zero-order chi connectivity index (χ0) is 30.1. The summed E-state index contributed by atoms with van der Waals surface area (Å²) in [6, 6.07) is 13.7. The predicted molar refractivity (Wildman–Crippen MR) is 158 cm³/mol. The van der Waals surface area contributed by atoms with Gasteiger partial charge in [-0.3, -0.25) is 4.79 Å². The van der Waals surface area contributed by atoms with Crippen molar-refractivity contribution in [2.24, 2.45) is 0 Å². The van der Waals surface area contributed by atoms with Crippen molar-refractivity contribution in [2.75, 3.05) is 25.0 Å². The first kappa shape index (κ1) is 30.8. The highest BCUT2D eigenvalue weighted by atomic mass is 19.1. The maximum absolute atomic E-state index is 14.0.